The SMILES string of the molecule is COCCN(Cc1cccn1Cc1cccc(F)c1)CC(C)O. The Labute approximate surface area is 137 Å². The topological polar surface area (TPSA) is 37.6 Å². The van der Waals surface area contributed by atoms with E-state index in [0.717, 1.165) is 24.3 Å². The third-order valence-corrected chi connectivity index (χ3v) is 3.69. The van der Waals surface area contributed by atoms with Crippen molar-refractivity contribution in [3.63, 3.8) is 0 Å². The number of benzene rings is 1. The van der Waals surface area contributed by atoms with Gasteiger partial charge >= 0.3 is 0 Å². The number of hydrogen-bond donors (Lipinski definition) is 1. The molecule has 1 atom stereocenters. The van der Waals surface area contributed by atoms with E-state index in [9.17, 15) is 9.50 Å². The highest BCUT2D eigenvalue weighted by molar-refractivity contribution is 5.18. The molecule has 126 valence electrons. The van der Waals surface area contributed by atoms with Crippen LogP contribution in [0, 0.1) is 5.82 Å². The van der Waals surface area contributed by atoms with Crippen LogP contribution in [0.4, 0.5) is 4.39 Å². The summed E-state index contributed by atoms with van der Waals surface area (Å²) in [6.07, 6.45) is 1.61. The third kappa shape index (κ3) is 5.78. The Hall–Kier alpha value is -1.69. The van der Waals surface area contributed by atoms with Crippen molar-refractivity contribution >= 4 is 0 Å². The first-order valence-electron chi connectivity index (χ1n) is 7.86. The quantitative estimate of drug-likeness (QED) is 0.771. The Morgan fingerprint density at radius 2 is 2.13 bits per heavy atom. The lowest BCUT2D eigenvalue weighted by Gasteiger charge is -2.24. The molecule has 0 spiro atoms. The summed E-state index contributed by atoms with van der Waals surface area (Å²) >= 11 is 0. The first kappa shape index (κ1) is 17.7. The Balaban J connectivity index is 2.06. The fraction of sp³-hybridized carbons (Fsp3) is 0.444. The number of methoxy groups -OCH3 is 1. The van der Waals surface area contributed by atoms with E-state index in [2.05, 4.69) is 15.5 Å². The van der Waals surface area contributed by atoms with E-state index >= 15 is 0 Å². The van der Waals surface area contributed by atoms with Crippen LogP contribution in [0.2, 0.25) is 0 Å². The van der Waals surface area contributed by atoms with Gasteiger partial charge < -0.3 is 14.4 Å². The van der Waals surface area contributed by atoms with E-state index in [0.29, 0.717) is 19.7 Å². The summed E-state index contributed by atoms with van der Waals surface area (Å²) in [5, 5.41) is 9.65. The van der Waals surface area contributed by atoms with Crippen molar-refractivity contribution in [2.24, 2.45) is 0 Å². The molecule has 23 heavy (non-hydrogen) atoms. The number of rotatable bonds is 9. The van der Waals surface area contributed by atoms with Gasteiger partial charge in [0.15, 0.2) is 0 Å². The maximum absolute atomic E-state index is 13.3. The largest absolute Gasteiger partial charge is 0.392 e. The highest BCUT2D eigenvalue weighted by Crippen LogP contribution is 2.12. The Kier molecular flexibility index (Phi) is 6.77. The minimum atomic E-state index is -0.390. The number of ether oxygens (including phenoxy) is 1. The first-order valence-corrected chi connectivity index (χ1v) is 7.86. The molecule has 0 aliphatic carbocycles. The van der Waals surface area contributed by atoms with Gasteiger partial charge in [-0.2, -0.15) is 0 Å². The van der Waals surface area contributed by atoms with Crippen LogP contribution in [0.3, 0.4) is 0 Å². The van der Waals surface area contributed by atoms with Gasteiger partial charge in [-0.05, 0) is 36.8 Å². The van der Waals surface area contributed by atoms with Gasteiger partial charge in [-0.25, -0.2) is 4.39 Å². The van der Waals surface area contributed by atoms with Crippen molar-refractivity contribution in [1.82, 2.24) is 9.47 Å². The van der Waals surface area contributed by atoms with E-state index in [1.165, 1.54) is 6.07 Å². The molecule has 1 unspecified atom stereocenters. The van der Waals surface area contributed by atoms with Gasteiger partial charge in [0.2, 0.25) is 0 Å². The van der Waals surface area contributed by atoms with Crippen molar-refractivity contribution < 1.29 is 14.2 Å². The predicted octanol–water partition coefficient (Wildman–Crippen LogP) is 2.50. The third-order valence-electron chi connectivity index (χ3n) is 3.69. The number of hydrogen-bond acceptors (Lipinski definition) is 3. The molecule has 2 rings (SSSR count). The second-order valence-corrected chi connectivity index (χ2v) is 5.83. The van der Waals surface area contributed by atoms with Gasteiger partial charge in [-0.3, -0.25) is 4.90 Å². The van der Waals surface area contributed by atoms with Crippen LogP contribution < -0.4 is 0 Å². The molecule has 1 heterocycles. The lowest BCUT2D eigenvalue weighted by atomic mass is 10.2. The maximum atomic E-state index is 13.3. The Bertz CT molecular complexity index is 598. The summed E-state index contributed by atoms with van der Waals surface area (Å²) in [6, 6.07) is 10.7. The molecule has 0 fully saturated rings. The molecule has 0 bridgehead atoms. The van der Waals surface area contributed by atoms with Crippen LogP contribution in [-0.4, -0.2) is 47.5 Å². The van der Waals surface area contributed by atoms with Gasteiger partial charge in [0.1, 0.15) is 5.82 Å². The summed E-state index contributed by atoms with van der Waals surface area (Å²) in [4.78, 5) is 2.16. The van der Waals surface area contributed by atoms with Crippen LogP contribution in [-0.2, 0) is 17.8 Å². The number of aromatic nitrogens is 1. The summed E-state index contributed by atoms with van der Waals surface area (Å²) in [7, 11) is 1.67. The van der Waals surface area contributed by atoms with Crippen molar-refractivity contribution in [2.45, 2.75) is 26.1 Å². The zero-order valence-electron chi connectivity index (χ0n) is 13.8. The van der Waals surface area contributed by atoms with Crippen molar-refractivity contribution in [3.05, 3.63) is 59.7 Å². The van der Waals surface area contributed by atoms with Gasteiger partial charge in [-0.1, -0.05) is 12.1 Å². The smallest absolute Gasteiger partial charge is 0.123 e. The zero-order chi connectivity index (χ0) is 16.7. The normalized spacial score (nSPS) is 12.7. The Morgan fingerprint density at radius 3 is 2.83 bits per heavy atom. The average Bonchev–Trinajstić information content (AvgIpc) is 2.91. The fourth-order valence-electron chi connectivity index (χ4n) is 2.64. The zero-order valence-corrected chi connectivity index (χ0v) is 13.8. The molecular formula is C18H25FN2O2. The van der Waals surface area contributed by atoms with Gasteiger partial charge in [-0.15, -0.1) is 0 Å². The predicted molar refractivity (Wildman–Crippen MR) is 88.8 cm³/mol. The summed E-state index contributed by atoms with van der Waals surface area (Å²) < 4.78 is 20.6. The standard InChI is InChI=1S/C18H25FN2O2/c1-15(22)12-20(9-10-23-2)14-18-7-4-8-21(18)13-16-5-3-6-17(19)11-16/h3-8,11,15,22H,9-10,12-14H2,1-2H3. The van der Waals surface area contributed by atoms with Crippen LogP contribution in [0.5, 0.6) is 0 Å². The van der Waals surface area contributed by atoms with Gasteiger partial charge in [0.05, 0.1) is 12.7 Å². The van der Waals surface area contributed by atoms with Gasteiger partial charge in [0.25, 0.3) is 0 Å². The number of aliphatic hydroxyl groups is 1. The van der Waals surface area contributed by atoms with Crippen LogP contribution in [0.25, 0.3) is 0 Å². The average molecular weight is 320 g/mol. The van der Waals surface area contributed by atoms with Crippen molar-refractivity contribution in [1.29, 1.82) is 0 Å². The fourth-order valence-corrected chi connectivity index (χ4v) is 2.64. The lowest BCUT2D eigenvalue weighted by Crippen LogP contribution is -2.34. The number of nitrogens with zero attached hydrogens (tertiary/aromatic N) is 2. The minimum Gasteiger partial charge on any atom is -0.392 e. The Morgan fingerprint density at radius 1 is 1.30 bits per heavy atom. The van der Waals surface area contributed by atoms with Gasteiger partial charge in [0, 0.05) is 45.2 Å². The van der Waals surface area contributed by atoms with E-state index in [1.54, 1.807) is 26.2 Å². The van der Waals surface area contributed by atoms with E-state index in [-0.39, 0.29) is 5.82 Å². The molecule has 1 aromatic carbocycles. The lowest BCUT2D eigenvalue weighted by molar-refractivity contribution is 0.0926. The number of aliphatic hydroxyl groups excluding tert-OH is 1. The molecule has 2 aromatic rings. The molecule has 0 amide bonds. The first-order chi connectivity index (χ1) is 11.1. The highest BCUT2D eigenvalue weighted by Gasteiger charge is 2.11. The van der Waals surface area contributed by atoms with Crippen molar-refractivity contribution in [3.8, 4) is 0 Å². The van der Waals surface area contributed by atoms with E-state index in [4.69, 9.17) is 4.74 Å². The number of halogens is 1. The van der Waals surface area contributed by atoms with Crippen LogP contribution >= 0.6 is 0 Å². The highest BCUT2D eigenvalue weighted by atomic mass is 19.1. The summed E-state index contributed by atoms with van der Waals surface area (Å²) in [6.45, 7) is 5.10. The van der Waals surface area contributed by atoms with E-state index in [1.807, 2.05) is 18.3 Å². The molecular weight excluding hydrogens is 295 g/mol. The molecule has 0 aliphatic heterocycles. The molecule has 0 saturated carbocycles. The molecule has 5 heteroatoms. The minimum absolute atomic E-state index is 0.216. The molecule has 0 aliphatic rings. The maximum Gasteiger partial charge on any atom is 0.123 e. The second kappa shape index (κ2) is 8.82. The molecule has 4 nitrogen and oxygen atoms in total. The molecule has 1 N–H and O–H groups in total. The molecule has 0 saturated heterocycles. The van der Waals surface area contributed by atoms with Crippen LogP contribution in [0.1, 0.15) is 18.2 Å². The van der Waals surface area contributed by atoms with Crippen LogP contribution in [0.15, 0.2) is 42.6 Å². The monoisotopic (exact) mass is 320 g/mol. The second-order valence-electron chi connectivity index (χ2n) is 5.83. The van der Waals surface area contributed by atoms with E-state index < -0.39 is 6.10 Å². The molecule has 0 radical (unpaired) electrons. The van der Waals surface area contributed by atoms with Crippen molar-refractivity contribution in [2.75, 3.05) is 26.8 Å². The molecule has 1 aromatic heterocycles. The summed E-state index contributed by atoms with van der Waals surface area (Å²) in [5.74, 6) is -0.216. The summed E-state index contributed by atoms with van der Waals surface area (Å²) in [5.41, 5.74) is 2.06.